The zero-order valence-corrected chi connectivity index (χ0v) is 23.2. The summed E-state index contributed by atoms with van der Waals surface area (Å²) in [7, 11) is 0. The van der Waals surface area contributed by atoms with Crippen molar-refractivity contribution in [2.24, 2.45) is 0 Å². The number of pyridine rings is 1. The van der Waals surface area contributed by atoms with E-state index >= 15 is 0 Å². The molecule has 1 heterocycles. The lowest BCUT2D eigenvalue weighted by atomic mass is 10.1. The number of aryl methyl sites for hydroxylation is 1. The number of allylic oxidation sites excluding steroid dienone is 3. The summed E-state index contributed by atoms with van der Waals surface area (Å²) in [6.07, 6.45) is 15.2. The Morgan fingerprint density at radius 1 is 0.944 bits per heavy atom. The second-order valence-corrected chi connectivity index (χ2v) is 9.96. The van der Waals surface area contributed by atoms with Gasteiger partial charge in [0.05, 0.1) is 12.1 Å². The Bertz CT molecular complexity index is 1060. The van der Waals surface area contributed by atoms with Gasteiger partial charge in [-0.3, -0.25) is 4.79 Å². The molecule has 2 aromatic rings. The lowest BCUT2D eigenvalue weighted by Gasteiger charge is -2.16. The summed E-state index contributed by atoms with van der Waals surface area (Å²) in [6.45, 7) is 12.1. The molecule has 1 N–H and O–H groups in total. The molecule has 0 aliphatic heterocycles. The molecule has 0 saturated carbocycles. The van der Waals surface area contributed by atoms with Crippen LogP contribution in [0.2, 0.25) is 0 Å². The molecule has 0 amide bonds. The Labute approximate surface area is 217 Å². The third-order valence-corrected chi connectivity index (χ3v) is 6.42. The number of aromatic nitrogens is 1. The molecule has 0 aliphatic carbocycles. The van der Waals surface area contributed by atoms with Gasteiger partial charge in [0.1, 0.15) is 12.4 Å². The third-order valence-electron chi connectivity index (χ3n) is 6.42. The van der Waals surface area contributed by atoms with Gasteiger partial charge in [-0.05, 0) is 64.7 Å². The summed E-state index contributed by atoms with van der Waals surface area (Å²) in [5, 5.41) is 11.6. The van der Waals surface area contributed by atoms with Crippen molar-refractivity contribution in [1.82, 2.24) is 4.57 Å². The molecule has 36 heavy (non-hydrogen) atoms. The van der Waals surface area contributed by atoms with E-state index in [9.17, 15) is 9.90 Å². The highest BCUT2D eigenvalue weighted by Crippen LogP contribution is 2.33. The number of hydrogen-bond donors (Lipinski definition) is 1. The number of unbranched alkanes of at least 4 members (excludes halogenated alkanes) is 6. The molecule has 200 valence electrons. The summed E-state index contributed by atoms with van der Waals surface area (Å²) in [6, 6.07) is 5.57. The number of rotatable bonds is 17. The van der Waals surface area contributed by atoms with Crippen LogP contribution in [0.4, 0.5) is 0 Å². The first kappa shape index (κ1) is 29.5. The first-order valence-corrected chi connectivity index (χ1v) is 13.8. The topological polar surface area (TPSA) is 60.7 Å². The fraction of sp³-hybridized carbons (Fsp3) is 0.581. The predicted octanol–water partition coefficient (Wildman–Crippen LogP) is 8.32. The van der Waals surface area contributed by atoms with Gasteiger partial charge in [0, 0.05) is 18.0 Å². The number of fused-ring (bicyclic) bond motifs is 1. The van der Waals surface area contributed by atoms with E-state index in [1.807, 2.05) is 24.3 Å². The highest BCUT2D eigenvalue weighted by molar-refractivity contribution is 5.88. The molecule has 0 radical (unpaired) electrons. The highest BCUT2D eigenvalue weighted by atomic mass is 16.5. The van der Waals surface area contributed by atoms with E-state index in [4.69, 9.17) is 9.47 Å². The van der Waals surface area contributed by atoms with E-state index in [0.717, 1.165) is 37.9 Å². The van der Waals surface area contributed by atoms with Gasteiger partial charge in [0.2, 0.25) is 5.75 Å². The van der Waals surface area contributed by atoms with Crippen molar-refractivity contribution < 1.29 is 14.6 Å². The fourth-order valence-electron chi connectivity index (χ4n) is 4.18. The number of hydrogen-bond acceptors (Lipinski definition) is 4. The van der Waals surface area contributed by atoms with Crippen molar-refractivity contribution in [1.29, 1.82) is 0 Å². The van der Waals surface area contributed by atoms with Gasteiger partial charge in [-0.25, -0.2) is 0 Å². The molecule has 2 rings (SSSR count). The van der Waals surface area contributed by atoms with E-state index in [1.165, 1.54) is 43.3 Å². The minimum atomic E-state index is -0.294. The van der Waals surface area contributed by atoms with Crippen LogP contribution in [0, 0.1) is 0 Å². The molecule has 0 saturated heterocycles. The average molecular weight is 498 g/mol. The highest BCUT2D eigenvalue weighted by Gasteiger charge is 2.18. The lowest BCUT2D eigenvalue weighted by Crippen LogP contribution is -2.23. The minimum Gasteiger partial charge on any atom is -0.504 e. The maximum atomic E-state index is 13.3. The number of nitrogens with zero attached hydrogens (tertiary/aromatic N) is 1. The molecule has 0 bridgehead atoms. The molecule has 0 atom stereocenters. The Balaban J connectivity index is 2.18. The molecule has 0 spiro atoms. The second kappa shape index (κ2) is 16.1. The molecule has 1 aromatic carbocycles. The Morgan fingerprint density at radius 2 is 1.67 bits per heavy atom. The van der Waals surface area contributed by atoms with Crippen molar-refractivity contribution in [3.8, 4) is 17.2 Å². The normalized spacial score (nSPS) is 11.6. The molecular weight excluding hydrogens is 450 g/mol. The van der Waals surface area contributed by atoms with E-state index in [1.54, 1.807) is 4.57 Å². The second-order valence-electron chi connectivity index (χ2n) is 9.96. The van der Waals surface area contributed by atoms with Gasteiger partial charge in [-0.15, -0.1) is 0 Å². The monoisotopic (exact) mass is 497 g/mol. The number of aromatic hydroxyl groups is 1. The SMILES string of the molecule is CCCCCCCCOc1ccc2c(O)c(OC/C=C(\C)CCC=C(C)C)c(=O)n(CCCC)c2c1. The largest absolute Gasteiger partial charge is 0.504 e. The molecule has 0 aliphatic rings. The molecule has 5 nitrogen and oxygen atoms in total. The van der Waals surface area contributed by atoms with Crippen LogP contribution in [0.1, 0.15) is 98.8 Å². The Morgan fingerprint density at radius 3 is 2.39 bits per heavy atom. The average Bonchev–Trinajstić information content (AvgIpc) is 2.85. The third kappa shape index (κ3) is 9.40. The van der Waals surface area contributed by atoms with Gasteiger partial charge in [-0.2, -0.15) is 0 Å². The van der Waals surface area contributed by atoms with Crippen LogP contribution < -0.4 is 15.0 Å². The number of ether oxygens (including phenoxy) is 2. The molecule has 0 unspecified atom stereocenters. The summed E-state index contributed by atoms with van der Waals surface area (Å²) in [4.78, 5) is 13.3. The van der Waals surface area contributed by atoms with Gasteiger partial charge in [0.25, 0.3) is 5.56 Å². The molecule has 1 aromatic heterocycles. The van der Waals surface area contributed by atoms with Gasteiger partial charge < -0.3 is 19.1 Å². The number of benzene rings is 1. The van der Waals surface area contributed by atoms with E-state index in [2.05, 4.69) is 40.7 Å². The van der Waals surface area contributed by atoms with Crippen LogP contribution in [-0.4, -0.2) is 22.9 Å². The Hall–Kier alpha value is -2.69. The van der Waals surface area contributed by atoms with Gasteiger partial charge in [-0.1, -0.05) is 69.6 Å². The fourth-order valence-corrected chi connectivity index (χ4v) is 4.18. The summed E-state index contributed by atoms with van der Waals surface area (Å²) in [5.74, 6) is 0.650. The van der Waals surface area contributed by atoms with E-state index in [0.29, 0.717) is 24.1 Å². The smallest absolute Gasteiger partial charge is 0.297 e. The summed E-state index contributed by atoms with van der Waals surface area (Å²) < 4.78 is 13.5. The van der Waals surface area contributed by atoms with Crippen molar-refractivity contribution in [2.45, 2.75) is 105 Å². The summed E-state index contributed by atoms with van der Waals surface area (Å²) >= 11 is 0. The van der Waals surface area contributed by atoms with E-state index < -0.39 is 0 Å². The first-order valence-electron chi connectivity index (χ1n) is 13.8. The minimum absolute atomic E-state index is 0.0210. The maximum absolute atomic E-state index is 13.3. The molecule has 0 fully saturated rings. The van der Waals surface area contributed by atoms with Crippen LogP contribution in [0.25, 0.3) is 10.9 Å². The van der Waals surface area contributed by atoms with Gasteiger partial charge >= 0.3 is 0 Å². The summed E-state index contributed by atoms with van der Waals surface area (Å²) in [5.41, 5.74) is 2.90. The van der Waals surface area contributed by atoms with Crippen LogP contribution in [0.3, 0.4) is 0 Å². The zero-order valence-electron chi connectivity index (χ0n) is 23.2. The van der Waals surface area contributed by atoms with Crippen molar-refractivity contribution in [3.05, 3.63) is 51.9 Å². The predicted molar refractivity (Wildman–Crippen MR) is 152 cm³/mol. The van der Waals surface area contributed by atoms with Crippen molar-refractivity contribution in [3.63, 3.8) is 0 Å². The van der Waals surface area contributed by atoms with Crippen LogP contribution in [-0.2, 0) is 6.54 Å². The zero-order chi connectivity index (χ0) is 26.3. The standard InChI is InChI=1S/C31H47NO4/c1-6-8-10-11-12-13-21-35-26-17-18-27-28(23-26)32(20-9-7-2)31(34)30(29(27)33)36-22-19-25(5)16-14-15-24(3)4/h15,17-19,23,33H,6-14,16,20-22H2,1-5H3/b25-19+. The first-order chi connectivity index (χ1) is 17.4. The van der Waals surface area contributed by atoms with Crippen LogP contribution >= 0.6 is 0 Å². The van der Waals surface area contributed by atoms with E-state index in [-0.39, 0.29) is 23.7 Å². The quantitative estimate of drug-likeness (QED) is 0.176. The Kier molecular flexibility index (Phi) is 13.2. The van der Waals surface area contributed by atoms with Crippen LogP contribution in [0.15, 0.2) is 46.3 Å². The van der Waals surface area contributed by atoms with Crippen molar-refractivity contribution in [2.75, 3.05) is 13.2 Å². The molecule has 5 heteroatoms. The van der Waals surface area contributed by atoms with Gasteiger partial charge in [0.15, 0.2) is 5.75 Å². The van der Waals surface area contributed by atoms with Crippen LogP contribution in [0.5, 0.6) is 17.2 Å². The van der Waals surface area contributed by atoms with Crippen molar-refractivity contribution >= 4 is 10.9 Å². The lowest BCUT2D eigenvalue weighted by molar-refractivity contribution is 0.304. The maximum Gasteiger partial charge on any atom is 0.297 e. The molecular formula is C31H47NO4.